The molecule has 1 fully saturated rings. The zero-order valence-electron chi connectivity index (χ0n) is 18.0. The number of carbonyl (C=O) groups excluding carboxylic acids is 1. The highest BCUT2D eigenvalue weighted by Gasteiger charge is 2.33. The Kier molecular flexibility index (Phi) is 7.17. The largest absolute Gasteiger partial charge is 0.342 e. The van der Waals surface area contributed by atoms with Gasteiger partial charge in [-0.25, -0.2) is 13.4 Å². The van der Waals surface area contributed by atoms with Crippen molar-refractivity contribution >= 4 is 38.7 Å². The van der Waals surface area contributed by atoms with Crippen LogP contribution < -0.4 is 4.72 Å². The van der Waals surface area contributed by atoms with Gasteiger partial charge < -0.3 is 9.88 Å². The normalized spacial score (nSPS) is 18.0. The summed E-state index contributed by atoms with van der Waals surface area (Å²) in [5, 5.41) is 0. The molecule has 2 N–H and O–H groups in total. The lowest BCUT2D eigenvalue weighted by Crippen LogP contribution is -2.51. The highest BCUT2D eigenvalue weighted by Crippen LogP contribution is 2.27. The number of benzene rings is 2. The highest BCUT2D eigenvalue weighted by atomic mass is 32.2. The Hall–Kier alpha value is -2.36. The fourth-order valence-corrected chi connectivity index (χ4v) is 5.83. The number of sulfonamides is 1. The summed E-state index contributed by atoms with van der Waals surface area (Å²) in [4.78, 5) is 23.5. The van der Waals surface area contributed by atoms with E-state index >= 15 is 0 Å². The molecular weight excluding hydrogens is 444 g/mol. The second-order valence-corrected chi connectivity index (χ2v) is 10.7. The van der Waals surface area contributed by atoms with Gasteiger partial charge in [-0.15, -0.1) is 0 Å². The van der Waals surface area contributed by atoms with Gasteiger partial charge in [-0.05, 0) is 55.5 Å². The molecule has 2 heterocycles. The van der Waals surface area contributed by atoms with Crippen molar-refractivity contribution in [2.24, 2.45) is 0 Å². The maximum absolute atomic E-state index is 13.4. The van der Waals surface area contributed by atoms with Crippen LogP contribution in [0, 0.1) is 0 Å². The second kappa shape index (κ2) is 10.1. The summed E-state index contributed by atoms with van der Waals surface area (Å²) < 4.78 is 28.4. The molecule has 2 aromatic carbocycles. The number of piperidine rings is 1. The van der Waals surface area contributed by atoms with Gasteiger partial charge in [0.15, 0.2) is 0 Å². The van der Waals surface area contributed by atoms with Crippen LogP contribution in [0.4, 0.5) is 0 Å². The molecule has 0 saturated carbocycles. The van der Waals surface area contributed by atoms with E-state index in [0.29, 0.717) is 25.3 Å². The fraction of sp³-hybridized carbons (Fsp3) is 0.391. The Morgan fingerprint density at radius 3 is 2.72 bits per heavy atom. The number of thioether (sulfide) groups is 1. The molecule has 0 aliphatic carbocycles. The van der Waals surface area contributed by atoms with E-state index in [4.69, 9.17) is 4.98 Å². The molecule has 0 unspecified atom stereocenters. The van der Waals surface area contributed by atoms with Gasteiger partial charge in [0.25, 0.3) is 0 Å². The molecule has 7 nitrogen and oxygen atoms in total. The zero-order chi connectivity index (χ0) is 22.6. The molecule has 2 atom stereocenters. The number of fused-ring (bicyclic) bond motifs is 1. The van der Waals surface area contributed by atoms with Crippen molar-refractivity contribution in [1.29, 1.82) is 0 Å². The number of H-pyrrole nitrogens is 1. The first-order chi connectivity index (χ1) is 15.5. The Balaban J connectivity index is 1.51. The lowest BCUT2D eigenvalue weighted by molar-refractivity contribution is -0.134. The summed E-state index contributed by atoms with van der Waals surface area (Å²) in [7, 11) is -3.78. The third-order valence-electron chi connectivity index (χ3n) is 5.79. The van der Waals surface area contributed by atoms with Gasteiger partial charge in [-0.2, -0.15) is 16.5 Å². The Labute approximate surface area is 193 Å². The lowest BCUT2D eigenvalue weighted by Gasteiger charge is -2.34. The summed E-state index contributed by atoms with van der Waals surface area (Å²) >= 11 is 1.60. The number of carbonyl (C=O) groups is 1. The number of rotatable bonds is 8. The predicted molar refractivity (Wildman–Crippen MR) is 128 cm³/mol. The Morgan fingerprint density at radius 2 is 1.97 bits per heavy atom. The quantitative estimate of drug-likeness (QED) is 0.524. The number of imidazole rings is 1. The first-order valence-corrected chi connectivity index (χ1v) is 13.7. The molecule has 0 radical (unpaired) electrons. The maximum Gasteiger partial charge on any atom is 0.241 e. The number of nitrogens with one attached hydrogen (secondary N) is 2. The molecule has 3 aromatic rings. The standard InChI is InChI=1S/C23H28N4O3S2/c1-31-15-13-21(26-32(29,30)18-9-3-2-4-10-18)23(28)27-14-7-8-17(16-27)22-24-19-11-5-6-12-20(19)25-22/h2-6,9-12,17,21,26H,7-8,13-16H2,1H3,(H,24,25)/t17-,21+/m0/s1. The van der Waals surface area contributed by atoms with Crippen LogP contribution in [0.25, 0.3) is 11.0 Å². The molecule has 0 spiro atoms. The summed E-state index contributed by atoms with van der Waals surface area (Å²) in [6.45, 7) is 1.15. The highest BCUT2D eigenvalue weighted by molar-refractivity contribution is 7.98. The van der Waals surface area contributed by atoms with Crippen molar-refractivity contribution in [1.82, 2.24) is 19.6 Å². The number of nitrogens with zero attached hydrogens (tertiary/aromatic N) is 2. The minimum Gasteiger partial charge on any atom is -0.342 e. The number of amides is 1. The van der Waals surface area contributed by atoms with Gasteiger partial charge >= 0.3 is 0 Å². The number of aromatic amines is 1. The van der Waals surface area contributed by atoms with Crippen molar-refractivity contribution < 1.29 is 13.2 Å². The number of likely N-dealkylation sites (tertiary alicyclic amines) is 1. The molecule has 32 heavy (non-hydrogen) atoms. The van der Waals surface area contributed by atoms with E-state index < -0.39 is 16.1 Å². The van der Waals surface area contributed by atoms with Gasteiger partial charge in [0.1, 0.15) is 11.9 Å². The van der Waals surface area contributed by atoms with Crippen LogP contribution in [0.1, 0.15) is 31.0 Å². The van der Waals surface area contributed by atoms with Gasteiger partial charge in [0, 0.05) is 19.0 Å². The molecular formula is C23H28N4O3S2. The molecule has 1 amide bonds. The minimum atomic E-state index is -3.78. The average Bonchev–Trinajstić information content (AvgIpc) is 3.26. The van der Waals surface area contributed by atoms with Crippen LogP contribution in [-0.4, -0.2) is 60.3 Å². The molecule has 9 heteroatoms. The van der Waals surface area contributed by atoms with Crippen molar-refractivity contribution in [2.45, 2.75) is 36.1 Å². The van der Waals surface area contributed by atoms with E-state index in [1.54, 1.807) is 34.9 Å². The summed E-state index contributed by atoms with van der Waals surface area (Å²) in [5.41, 5.74) is 1.90. The average molecular weight is 473 g/mol. The van der Waals surface area contributed by atoms with E-state index in [-0.39, 0.29) is 16.7 Å². The second-order valence-electron chi connectivity index (χ2n) is 8.03. The first-order valence-electron chi connectivity index (χ1n) is 10.8. The smallest absolute Gasteiger partial charge is 0.241 e. The van der Waals surface area contributed by atoms with Crippen molar-refractivity contribution in [3.63, 3.8) is 0 Å². The van der Waals surface area contributed by atoms with Crippen LogP contribution in [0.3, 0.4) is 0 Å². The van der Waals surface area contributed by atoms with Gasteiger partial charge in [-0.3, -0.25) is 4.79 Å². The number of aromatic nitrogens is 2. The molecule has 1 aliphatic rings. The topological polar surface area (TPSA) is 95.2 Å². The number of hydrogen-bond acceptors (Lipinski definition) is 5. The van der Waals surface area contributed by atoms with Crippen molar-refractivity contribution in [2.75, 3.05) is 25.1 Å². The summed E-state index contributed by atoms with van der Waals surface area (Å²) in [6, 6.07) is 15.3. The van der Waals surface area contributed by atoms with Crippen molar-refractivity contribution in [3.8, 4) is 0 Å². The van der Waals surface area contributed by atoms with Gasteiger partial charge in [0.2, 0.25) is 15.9 Å². The predicted octanol–water partition coefficient (Wildman–Crippen LogP) is 3.37. The molecule has 1 aliphatic heterocycles. The van der Waals surface area contributed by atoms with Crippen LogP contribution in [0.15, 0.2) is 59.5 Å². The monoisotopic (exact) mass is 472 g/mol. The lowest BCUT2D eigenvalue weighted by atomic mass is 9.96. The maximum atomic E-state index is 13.4. The molecule has 4 rings (SSSR count). The first kappa shape index (κ1) is 22.8. The summed E-state index contributed by atoms with van der Waals surface area (Å²) in [6.07, 6.45) is 4.19. The van der Waals surface area contributed by atoms with E-state index in [0.717, 1.165) is 29.7 Å². The van der Waals surface area contributed by atoms with E-state index in [2.05, 4.69) is 9.71 Å². The Bertz CT molecular complexity index is 1130. The molecule has 170 valence electrons. The molecule has 1 aromatic heterocycles. The van der Waals surface area contributed by atoms with E-state index in [1.807, 2.05) is 30.5 Å². The van der Waals surface area contributed by atoms with Crippen LogP contribution in [-0.2, 0) is 14.8 Å². The summed E-state index contributed by atoms with van der Waals surface area (Å²) in [5.74, 6) is 1.51. The number of para-hydroxylation sites is 2. The fourth-order valence-electron chi connectivity index (χ4n) is 4.11. The van der Waals surface area contributed by atoms with Crippen LogP contribution in [0.2, 0.25) is 0 Å². The SMILES string of the molecule is CSCC[C@@H](NS(=O)(=O)c1ccccc1)C(=O)N1CCC[C@H](c2nc3ccccc3[nH]2)C1. The molecule has 1 saturated heterocycles. The Morgan fingerprint density at radius 1 is 1.22 bits per heavy atom. The zero-order valence-corrected chi connectivity index (χ0v) is 19.7. The van der Waals surface area contributed by atoms with Crippen molar-refractivity contribution in [3.05, 3.63) is 60.4 Å². The molecule has 0 bridgehead atoms. The third kappa shape index (κ3) is 5.16. The third-order valence-corrected chi connectivity index (χ3v) is 7.92. The van der Waals surface area contributed by atoms with Gasteiger partial charge in [-0.1, -0.05) is 30.3 Å². The minimum absolute atomic E-state index is 0.104. The number of hydrogen-bond donors (Lipinski definition) is 2. The van der Waals surface area contributed by atoms with Crippen LogP contribution >= 0.6 is 11.8 Å². The van der Waals surface area contributed by atoms with Gasteiger partial charge in [0.05, 0.1) is 15.9 Å². The van der Waals surface area contributed by atoms with Crippen LogP contribution in [0.5, 0.6) is 0 Å². The van der Waals surface area contributed by atoms with E-state index in [1.165, 1.54) is 12.1 Å². The van der Waals surface area contributed by atoms with E-state index in [9.17, 15) is 13.2 Å².